The average molecular weight is 489 g/mol. The number of rotatable bonds is 13. The molecular weight excluding hydrogens is 456 g/mol. The van der Waals surface area contributed by atoms with Gasteiger partial charge < -0.3 is 5.11 Å². The van der Waals surface area contributed by atoms with Gasteiger partial charge in [-0.1, -0.05) is 91.3 Å². The molecule has 4 rings (SSSR count). The molecule has 0 saturated heterocycles. The van der Waals surface area contributed by atoms with Gasteiger partial charge in [0.05, 0.1) is 0 Å². The second-order valence-corrected chi connectivity index (χ2v) is 11.2. The van der Waals surface area contributed by atoms with E-state index in [4.69, 9.17) is 5.11 Å². The molecule has 0 aliphatic rings. The van der Waals surface area contributed by atoms with Gasteiger partial charge in [-0.3, -0.25) is 4.79 Å². The summed E-state index contributed by atoms with van der Waals surface area (Å²) in [7, 11) is 0. The lowest BCUT2D eigenvalue weighted by molar-refractivity contribution is -0.137. The van der Waals surface area contributed by atoms with Crippen LogP contribution in [0.2, 0.25) is 0 Å². The normalized spacial score (nSPS) is 12.2. The molecule has 0 bridgehead atoms. The second-order valence-electron chi connectivity index (χ2n) is 8.78. The number of hydrogen-bond donors (Lipinski definition) is 1. The molecule has 0 fully saturated rings. The second kappa shape index (κ2) is 12.9. The molecule has 176 valence electrons. The first kappa shape index (κ1) is 24.7. The predicted molar refractivity (Wildman–Crippen MR) is 150 cm³/mol. The number of unbranched alkanes of at least 4 members (excludes halogenated alkanes) is 1. The lowest BCUT2D eigenvalue weighted by Gasteiger charge is -2.17. The van der Waals surface area contributed by atoms with E-state index in [1.807, 2.05) is 23.5 Å². The number of hydrogen-bond acceptors (Lipinski definition) is 3. The number of benzene rings is 4. The Balaban J connectivity index is 1.28. The molecule has 0 aliphatic heterocycles. The van der Waals surface area contributed by atoms with Crippen molar-refractivity contribution in [3.63, 3.8) is 0 Å². The van der Waals surface area contributed by atoms with E-state index >= 15 is 0 Å². The van der Waals surface area contributed by atoms with Gasteiger partial charge in [-0.25, -0.2) is 0 Å². The predicted octanol–water partition coefficient (Wildman–Crippen LogP) is 8.56. The number of carboxylic acid groups (broad SMARTS) is 1. The van der Waals surface area contributed by atoms with Crippen LogP contribution in [0, 0.1) is 0 Å². The lowest BCUT2D eigenvalue weighted by atomic mass is 10.1. The van der Waals surface area contributed by atoms with Crippen LogP contribution in [0.4, 0.5) is 0 Å². The van der Waals surface area contributed by atoms with E-state index < -0.39 is 5.97 Å². The van der Waals surface area contributed by atoms with Gasteiger partial charge in [0.15, 0.2) is 0 Å². The Morgan fingerprint density at radius 1 is 0.706 bits per heavy atom. The highest BCUT2D eigenvalue weighted by molar-refractivity contribution is 7.99. The first-order chi connectivity index (χ1) is 16.7. The summed E-state index contributed by atoms with van der Waals surface area (Å²) in [5.41, 5.74) is 2.74. The number of carbonyl (C=O) groups is 1. The zero-order valence-electron chi connectivity index (χ0n) is 19.5. The Kier molecular flexibility index (Phi) is 9.35. The van der Waals surface area contributed by atoms with Gasteiger partial charge in [0.2, 0.25) is 0 Å². The van der Waals surface area contributed by atoms with E-state index in [1.54, 1.807) is 0 Å². The molecule has 1 unspecified atom stereocenters. The fourth-order valence-corrected chi connectivity index (χ4v) is 6.62. The molecular formula is C30H32O2S2. The van der Waals surface area contributed by atoms with Gasteiger partial charge in [0.1, 0.15) is 0 Å². The van der Waals surface area contributed by atoms with Gasteiger partial charge in [0, 0.05) is 23.2 Å². The van der Waals surface area contributed by atoms with Crippen LogP contribution >= 0.6 is 23.5 Å². The highest BCUT2D eigenvalue weighted by Gasteiger charge is 2.11. The van der Waals surface area contributed by atoms with Crippen LogP contribution in [-0.4, -0.2) is 22.1 Å². The van der Waals surface area contributed by atoms with Gasteiger partial charge >= 0.3 is 5.97 Å². The maximum atomic E-state index is 10.9. The number of carboxylic acids is 1. The Hall–Kier alpha value is -2.43. The number of aliphatic carboxylic acids is 1. The van der Waals surface area contributed by atoms with Gasteiger partial charge in [-0.2, -0.15) is 23.5 Å². The fourth-order valence-electron chi connectivity index (χ4n) is 4.24. The topological polar surface area (TPSA) is 37.3 Å². The molecule has 4 aromatic carbocycles. The quantitative estimate of drug-likeness (QED) is 0.191. The minimum atomic E-state index is -0.689. The summed E-state index contributed by atoms with van der Waals surface area (Å²) >= 11 is 4.03. The standard InChI is InChI=1S/C30H32O2S2/c31-30(32)12-6-5-11-29(34-22-24-14-16-26-8-2-4-10-28(26)20-24)17-18-33-21-23-13-15-25-7-1-3-9-27(25)19-23/h1-4,7-10,13-16,19-20,29H,5-6,11-12,17-18,21-22H2,(H,31,32). The number of thioether (sulfide) groups is 2. The van der Waals surface area contributed by atoms with E-state index in [9.17, 15) is 4.79 Å². The monoisotopic (exact) mass is 488 g/mol. The number of fused-ring (bicyclic) bond motifs is 2. The minimum absolute atomic E-state index is 0.277. The summed E-state index contributed by atoms with van der Waals surface area (Å²) in [6, 6.07) is 30.6. The van der Waals surface area contributed by atoms with E-state index in [0.29, 0.717) is 5.25 Å². The molecule has 2 nitrogen and oxygen atoms in total. The van der Waals surface area contributed by atoms with Crippen LogP contribution in [0.15, 0.2) is 84.9 Å². The molecule has 0 aromatic heterocycles. The van der Waals surface area contributed by atoms with Crippen molar-refractivity contribution in [3.05, 3.63) is 96.1 Å². The summed E-state index contributed by atoms with van der Waals surface area (Å²) in [6.07, 6.45) is 4.27. The van der Waals surface area contributed by atoms with E-state index in [0.717, 1.165) is 42.9 Å². The first-order valence-electron chi connectivity index (χ1n) is 12.0. The summed E-state index contributed by atoms with van der Waals surface area (Å²) in [5, 5.41) is 14.7. The molecule has 1 N–H and O–H groups in total. The molecule has 0 radical (unpaired) electrons. The fraction of sp³-hybridized carbons (Fsp3) is 0.300. The molecule has 0 amide bonds. The third-order valence-corrected chi connectivity index (χ3v) is 8.64. The molecule has 4 heteroatoms. The van der Waals surface area contributed by atoms with Crippen molar-refractivity contribution in [2.45, 2.75) is 48.9 Å². The molecule has 34 heavy (non-hydrogen) atoms. The smallest absolute Gasteiger partial charge is 0.303 e. The Labute approximate surface area is 211 Å². The largest absolute Gasteiger partial charge is 0.481 e. The van der Waals surface area contributed by atoms with Crippen molar-refractivity contribution in [3.8, 4) is 0 Å². The maximum absolute atomic E-state index is 10.9. The first-order valence-corrected chi connectivity index (χ1v) is 14.2. The Bertz CT molecular complexity index is 1220. The van der Waals surface area contributed by atoms with Crippen molar-refractivity contribution in [1.29, 1.82) is 0 Å². The minimum Gasteiger partial charge on any atom is -0.481 e. The summed E-state index contributed by atoms with van der Waals surface area (Å²) in [5.74, 6) is 2.47. The Morgan fingerprint density at radius 2 is 1.29 bits per heavy atom. The summed E-state index contributed by atoms with van der Waals surface area (Å²) in [4.78, 5) is 10.9. The third kappa shape index (κ3) is 7.54. The van der Waals surface area contributed by atoms with E-state index in [1.165, 1.54) is 32.7 Å². The van der Waals surface area contributed by atoms with E-state index in [-0.39, 0.29) is 6.42 Å². The van der Waals surface area contributed by atoms with Crippen molar-refractivity contribution >= 4 is 51.0 Å². The molecule has 0 saturated carbocycles. The zero-order chi connectivity index (χ0) is 23.6. The molecule has 1 atom stereocenters. The molecule has 0 aliphatic carbocycles. The van der Waals surface area contributed by atoms with Crippen LogP contribution in [0.1, 0.15) is 43.2 Å². The van der Waals surface area contributed by atoms with Crippen molar-refractivity contribution in [2.75, 3.05) is 5.75 Å². The van der Waals surface area contributed by atoms with Crippen LogP contribution < -0.4 is 0 Å². The van der Waals surface area contributed by atoms with Gasteiger partial charge in [-0.05, 0) is 57.7 Å². The van der Waals surface area contributed by atoms with Crippen LogP contribution in [0.5, 0.6) is 0 Å². The molecule has 0 spiro atoms. The maximum Gasteiger partial charge on any atom is 0.303 e. The Morgan fingerprint density at radius 3 is 1.91 bits per heavy atom. The summed E-state index contributed by atoms with van der Waals surface area (Å²) < 4.78 is 0. The van der Waals surface area contributed by atoms with Crippen molar-refractivity contribution in [2.24, 2.45) is 0 Å². The molecule has 4 aromatic rings. The van der Waals surface area contributed by atoms with Crippen LogP contribution in [-0.2, 0) is 16.3 Å². The summed E-state index contributed by atoms with van der Waals surface area (Å²) in [6.45, 7) is 0. The van der Waals surface area contributed by atoms with Gasteiger partial charge in [0.25, 0.3) is 0 Å². The highest BCUT2D eigenvalue weighted by Crippen LogP contribution is 2.29. The average Bonchev–Trinajstić information content (AvgIpc) is 2.86. The molecule has 0 heterocycles. The SMILES string of the molecule is O=C(O)CCCCC(CCSCc1ccc2ccccc2c1)SCc1ccc2ccccc2c1. The lowest BCUT2D eigenvalue weighted by Crippen LogP contribution is -2.06. The van der Waals surface area contributed by atoms with Crippen molar-refractivity contribution in [1.82, 2.24) is 0 Å². The zero-order valence-corrected chi connectivity index (χ0v) is 21.1. The van der Waals surface area contributed by atoms with Gasteiger partial charge in [-0.15, -0.1) is 0 Å². The highest BCUT2D eigenvalue weighted by atomic mass is 32.2. The van der Waals surface area contributed by atoms with Crippen LogP contribution in [0.25, 0.3) is 21.5 Å². The van der Waals surface area contributed by atoms with E-state index in [2.05, 4.69) is 84.9 Å². The third-order valence-electron chi connectivity index (χ3n) is 6.13. The van der Waals surface area contributed by atoms with Crippen molar-refractivity contribution < 1.29 is 9.90 Å². The van der Waals surface area contributed by atoms with Crippen LogP contribution in [0.3, 0.4) is 0 Å².